The van der Waals surface area contributed by atoms with E-state index in [0.29, 0.717) is 14.4 Å². The van der Waals surface area contributed by atoms with Crippen LogP contribution in [-0.2, 0) is 6.18 Å². The fourth-order valence-electron chi connectivity index (χ4n) is 2.88. The number of thiophene rings is 1. The standard InChI is InChI=1S/C16H15BrClF3N2S.ClH/c17-12-2-1-10(16(19,20)21)9-11(12)15(13-3-4-14(18)24-13)23-7-5-22-6-8-23;/h1-4,9,15,22H,5-8H2;1H/t15-;/m1./s1. The second-order valence-electron chi connectivity index (χ2n) is 5.56. The van der Waals surface area contributed by atoms with Crippen molar-refractivity contribution in [3.8, 4) is 0 Å². The van der Waals surface area contributed by atoms with Crippen LogP contribution in [0.4, 0.5) is 13.2 Å². The smallest absolute Gasteiger partial charge is 0.314 e. The predicted molar refractivity (Wildman–Crippen MR) is 102 cm³/mol. The molecule has 0 amide bonds. The van der Waals surface area contributed by atoms with Crippen LogP contribution in [-0.4, -0.2) is 31.1 Å². The molecule has 0 saturated carbocycles. The van der Waals surface area contributed by atoms with Gasteiger partial charge in [0.25, 0.3) is 0 Å². The Morgan fingerprint density at radius 3 is 2.40 bits per heavy atom. The Hall–Kier alpha value is -0.310. The number of hydrogen-bond donors (Lipinski definition) is 1. The van der Waals surface area contributed by atoms with Crippen LogP contribution in [0.3, 0.4) is 0 Å². The fourth-order valence-corrected chi connectivity index (χ4v) is 4.55. The first-order valence-electron chi connectivity index (χ1n) is 7.43. The molecule has 0 unspecified atom stereocenters. The van der Waals surface area contributed by atoms with Gasteiger partial charge in [-0.2, -0.15) is 13.2 Å². The van der Waals surface area contributed by atoms with E-state index in [0.717, 1.165) is 37.1 Å². The summed E-state index contributed by atoms with van der Waals surface area (Å²) in [5.41, 5.74) is -0.0197. The van der Waals surface area contributed by atoms with Gasteiger partial charge in [0.05, 0.1) is 15.9 Å². The quantitative estimate of drug-likeness (QED) is 0.621. The summed E-state index contributed by atoms with van der Waals surface area (Å²) in [5.74, 6) is 0. The van der Waals surface area contributed by atoms with Gasteiger partial charge in [-0.15, -0.1) is 23.7 Å². The molecule has 3 rings (SSSR count). The average Bonchev–Trinajstić information content (AvgIpc) is 2.95. The van der Waals surface area contributed by atoms with Crippen LogP contribution in [0, 0.1) is 0 Å². The first-order valence-corrected chi connectivity index (χ1v) is 9.41. The molecule has 1 N–H and O–H groups in total. The lowest BCUT2D eigenvalue weighted by molar-refractivity contribution is -0.137. The Morgan fingerprint density at radius 1 is 1.16 bits per heavy atom. The summed E-state index contributed by atoms with van der Waals surface area (Å²) >= 11 is 10.9. The van der Waals surface area contributed by atoms with Crippen molar-refractivity contribution >= 4 is 51.3 Å². The molecule has 1 saturated heterocycles. The van der Waals surface area contributed by atoms with E-state index >= 15 is 0 Å². The van der Waals surface area contributed by atoms with Gasteiger partial charge < -0.3 is 5.32 Å². The van der Waals surface area contributed by atoms with E-state index in [1.807, 2.05) is 6.07 Å². The second kappa shape index (κ2) is 8.59. The van der Waals surface area contributed by atoms with Gasteiger partial charge >= 0.3 is 6.18 Å². The number of rotatable bonds is 3. The number of hydrogen-bond acceptors (Lipinski definition) is 3. The summed E-state index contributed by atoms with van der Waals surface area (Å²) in [6.07, 6.45) is -4.36. The Bertz CT molecular complexity index is 718. The van der Waals surface area contributed by atoms with Crippen LogP contribution in [0.2, 0.25) is 4.34 Å². The van der Waals surface area contributed by atoms with Crippen LogP contribution in [0.25, 0.3) is 0 Å². The van der Waals surface area contributed by atoms with Gasteiger partial charge in [-0.25, -0.2) is 0 Å². The lowest BCUT2D eigenvalue weighted by Crippen LogP contribution is -2.45. The first kappa shape index (κ1) is 21.0. The molecule has 2 nitrogen and oxygen atoms in total. The van der Waals surface area contributed by atoms with Crippen LogP contribution in [0.5, 0.6) is 0 Å². The Kier molecular flexibility index (Phi) is 7.21. The van der Waals surface area contributed by atoms with Crippen molar-refractivity contribution in [1.29, 1.82) is 0 Å². The second-order valence-corrected chi connectivity index (χ2v) is 8.17. The number of nitrogens with zero attached hydrogens (tertiary/aromatic N) is 1. The Morgan fingerprint density at radius 2 is 1.84 bits per heavy atom. The van der Waals surface area contributed by atoms with E-state index in [1.165, 1.54) is 23.5 Å². The van der Waals surface area contributed by atoms with E-state index in [9.17, 15) is 13.2 Å². The maximum absolute atomic E-state index is 13.2. The number of alkyl halides is 3. The summed E-state index contributed by atoms with van der Waals surface area (Å²) in [7, 11) is 0. The molecule has 1 aromatic heterocycles. The molecule has 9 heteroatoms. The van der Waals surface area contributed by atoms with Gasteiger partial charge in [-0.05, 0) is 35.9 Å². The highest BCUT2D eigenvalue weighted by atomic mass is 79.9. The average molecular weight is 476 g/mol. The van der Waals surface area contributed by atoms with Crippen molar-refractivity contribution in [2.24, 2.45) is 0 Å². The van der Waals surface area contributed by atoms with Crippen molar-refractivity contribution in [3.05, 3.63) is 55.1 Å². The van der Waals surface area contributed by atoms with Gasteiger partial charge in [-0.1, -0.05) is 27.5 Å². The molecule has 138 valence electrons. The Balaban J connectivity index is 0.00000225. The van der Waals surface area contributed by atoms with E-state index < -0.39 is 11.7 Å². The summed E-state index contributed by atoms with van der Waals surface area (Å²) in [5, 5.41) is 3.27. The van der Waals surface area contributed by atoms with E-state index in [4.69, 9.17) is 11.6 Å². The number of halogens is 6. The van der Waals surface area contributed by atoms with E-state index in [-0.39, 0.29) is 18.4 Å². The van der Waals surface area contributed by atoms with Gasteiger partial charge in [-0.3, -0.25) is 4.90 Å². The highest BCUT2D eigenvalue weighted by Crippen LogP contribution is 2.41. The minimum Gasteiger partial charge on any atom is -0.314 e. The van der Waals surface area contributed by atoms with Gasteiger partial charge in [0.1, 0.15) is 0 Å². The fraction of sp³-hybridized carbons (Fsp3) is 0.375. The molecule has 1 aliphatic heterocycles. The van der Waals surface area contributed by atoms with E-state index in [2.05, 4.69) is 26.1 Å². The third kappa shape index (κ3) is 4.90. The molecule has 1 atom stereocenters. The monoisotopic (exact) mass is 474 g/mol. The predicted octanol–water partition coefficient (Wildman–Crippen LogP) is 5.60. The molecule has 0 bridgehead atoms. The van der Waals surface area contributed by atoms with Crippen LogP contribution < -0.4 is 5.32 Å². The molecule has 0 spiro atoms. The van der Waals surface area contributed by atoms with Crippen LogP contribution in [0.1, 0.15) is 22.0 Å². The van der Waals surface area contributed by atoms with Crippen molar-refractivity contribution in [2.75, 3.05) is 26.2 Å². The normalized spacial score (nSPS) is 17.2. The zero-order valence-corrected chi connectivity index (χ0v) is 16.9. The number of piperazine rings is 1. The first-order chi connectivity index (χ1) is 11.4. The van der Waals surface area contributed by atoms with Gasteiger partial charge in [0, 0.05) is 35.5 Å². The molecule has 0 radical (unpaired) electrons. The molecule has 1 aliphatic rings. The topological polar surface area (TPSA) is 15.3 Å². The Labute approximate surface area is 167 Å². The van der Waals surface area contributed by atoms with Crippen molar-refractivity contribution in [2.45, 2.75) is 12.2 Å². The lowest BCUT2D eigenvalue weighted by atomic mass is 10.00. The summed E-state index contributed by atoms with van der Waals surface area (Å²) in [6, 6.07) is 7.25. The molecular formula is C16H16BrCl2F3N2S. The maximum Gasteiger partial charge on any atom is 0.416 e. The van der Waals surface area contributed by atoms with Crippen LogP contribution >= 0.6 is 51.3 Å². The molecule has 2 aromatic rings. The minimum atomic E-state index is -4.36. The summed E-state index contributed by atoms with van der Waals surface area (Å²) in [4.78, 5) is 3.14. The molecule has 2 heterocycles. The summed E-state index contributed by atoms with van der Waals surface area (Å²) < 4.78 is 40.8. The molecule has 25 heavy (non-hydrogen) atoms. The highest BCUT2D eigenvalue weighted by molar-refractivity contribution is 9.10. The molecular weight excluding hydrogens is 460 g/mol. The highest BCUT2D eigenvalue weighted by Gasteiger charge is 2.33. The SMILES string of the molecule is Cl.FC(F)(F)c1ccc(Br)c([C@H](c2ccc(Cl)s2)N2CCNCC2)c1. The number of benzene rings is 1. The van der Waals surface area contributed by atoms with Crippen molar-refractivity contribution in [3.63, 3.8) is 0 Å². The molecule has 1 fully saturated rings. The number of nitrogens with one attached hydrogen (secondary N) is 1. The lowest BCUT2D eigenvalue weighted by Gasteiger charge is -2.35. The van der Waals surface area contributed by atoms with Gasteiger partial charge in [0.15, 0.2) is 0 Å². The summed E-state index contributed by atoms with van der Waals surface area (Å²) in [6.45, 7) is 3.16. The van der Waals surface area contributed by atoms with E-state index in [1.54, 1.807) is 6.07 Å². The van der Waals surface area contributed by atoms with Crippen LogP contribution in [0.15, 0.2) is 34.8 Å². The van der Waals surface area contributed by atoms with Crippen molar-refractivity contribution < 1.29 is 13.2 Å². The minimum absolute atomic E-state index is 0. The molecule has 1 aromatic carbocycles. The van der Waals surface area contributed by atoms with Gasteiger partial charge in [0.2, 0.25) is 0 Å². The zero-order chi connectivity index (χ0) is 17.3. The zero-order valence-electron chi connectivity index (χ0n) is 12.9. The third-order valence-electron chi connectivity index (χ3n) is 4.00. The van der Waals surface area contributed by atoms with Crippen molar-refractivity contribution in [1.82, 2.24) is 10.2 Å². The maximum atomic E-state index is 13.2. The molecule has 0 aliphatic carbocycles. The third-order valence-corrected chi connectivity index (χ3v) is 6.00. The largest absolute Gasteiger partial charge is 0.416 e.